The molecule has 1 saturated heterocycles. The Morgan fingerprint density at radius 2 is 1.61 bits per heavy atom. The number of rotatable bonds is 11. The molecule has 180 valence electrons. The molecule has 1 fully saturated rings. The summed E-state index contributed by atoms with van der Waals surface area (Å²) < 4.78 is 37.3. The summed E-state index contributed by atoms with van der Waals surface area (Å²) in [5, 5.41) is 11.1. The first kappa shape index (κ1) is 24.5. The van der Waals surface area contributed by atoms with Gasteiger partial charge in [0, 0.05) is 13.0 Å². The Bertz CT molecular complexity index is 934. The standard InChI is InChI=1S/C24H30O9/c1-27-13-33-17-7-6-15(11-18(17)28-2)22(25)21-16(12-32-24(21)26)8-14-9-19(29-3)23(31-5)20(10-14)30-4/h6-7,9-11,16,21-22,25H,8,12-13H2,1-5H3/t16-,21-,22-/m0/s1. The van der Waals surface area contributed by atoms with Gasteiger partial charge in [-0.05, 0) is 41.8 Å². The Balaban J connectivity index is 1.85. The molecular formula is C24H30O9. The molecule has 0 amide bonds. The van der Waals surface area contributed by atoms with Gasteiger partial charge in [-0.1, -0.05) is 6.07 Å². The van der Waals surface area contributed by atoms with E-state index in [-0.39, 0.29) is 19.3 Å². The molecule has 1 heterocycles. The fourth-order valence-corrected chi connectivity index (χ4v) is 4.03. The zero-order valence-electron chi connectivity index (χ0n) is 19.5. The molecule has 1 N–H and O–H groups in total. The number of carbonyl (C=O) groups is 1. The molecule has 0 aliphatic carbocycles. The van der Waals surface area contributed by atoms with Crippen molar-refractivity contribution >= 4 is 5.97 Å². The maximum absolute atomic E-state index is 12.6. The van der Waals surface area contributed by atoms with Crippen molar-refractivity contribution < 1.29 is 43.1 Å². The van der Waals surface area contributed by atoms with Crippen molar-refractivity contribution in [2.24, 2.45) is 11.8 Å². The lowest BCUT2D eigenvalue weighted by atomic mass is 9.83. The lowest BCUT2D eigenvalue weighted by Crippen LogP contribution is -2.25. The van der Waals surface area contributed by atoms with Gasteiger partial charge in [-0.15, -0.1) is 0 Å². The second kappa shape index (κ2) is 11.1. The Morgan fingerprint density at radius 3 is 2.18 bits per heavy atom. The van der Waals surface area contributed by atoms with Crippen LogP contribution in [0.15, 0.2) is 30.3 Å². The van der Waals surface area contributed by atoms with E-state index in [0.29, 0.717) is 40.7 Å². The minimum Gasteiger partial charge on any atom is -0.493 e. The van der Waals surface area contributed by atoms with E-state index < -0.39 is 18.0 Å². The quantitative estimate of drug-likeness (QED) is 0.399. The smallest absolute Gasteiger partial charge is 0.312 e. The maximum Gasteiger partial charge on any atom is 0.312 e. The Kier molecular flexibility index (Phi) is 8.24. The monoisotopic (exact) mass is 462 g/mol. The van der Waals surface area contributed by atoms with Crippen LogP contribution >= 0.6 is 0 Å². The van der Waals surface area contributed by atoms with E-state index >= 15 is 0 Å². The van der Waals surface area contributed by atoms with E-state index in [0.717, 1.165) is 5.56 Å². The zero-order chi connectivity index (χ0) is 24.0. The summed E-state index contributed by atoms with van der Waals surface area (Å²) in [5.74, 6) is 0.969. The van der Waals surface area contributed by atoms with Gasteiger partial charge in [0.1, 0.15) is 0 Å². The lowest BCUT2D eigenvalue weighted by Gasteiger charge is -2.23. The number of cyclic esters (lactones) is 1. The Morgan fingerprint density at radius 1 is 0.939 bits per heavy atom. The van der Waals surface area contributed by atoms with E-state index in [9.17, 15) is 9.90 Å². The predicted octanol–water partition coefficient (Wildman–Crippen LogP) is 2.77. The third-order valence-electron chi connectivity index (χ3n) is 5.64. The van der Waals surface area contributed by atoms with Crippen LogP contribution in [0.25, 0.3) is 0 Å². The first-order chi connectivity index (χ1) is 16.0. The van der Waals surface area contributed by atoms with E-state index in [2.05, 4.69) is 0 Å². The van der Waals surface area contributed by atoms with Crippen LogP contribution in [-0.2, 0) is 20.7 Å². The lowest BCUT2D eigenvalue weighted by molar-refractivity contribution is -0.144. The molecule has 1 aliphatic rings. The van der Waals surface area contributed by atoms with Crippen LogP contribution in [0.2, 0.25) is 0 Å². The van der Waals surface area contributed by atoms with Crippen molar-refractivity contribution in [2.45, 2.75) is 12.5 Å². The fraction of sp³-hybridized carbons (Fsp3) is 0.458. The van der Waals surface area contributed by atoms with E-state index in [1.807, 2.05) is 12.1 Å². The fourth-order valence-electron chi connectivity index (χ4n) is 4.03. The summed E-state index contributed by atoms with van der Waals surface area (Å²) in [6.07, 6.45) is -0.617. The summed E-state index contributed by atoms with van der Waals surface area (Å²) in [6, 6.07) is 8.68. The molecule has 0 saturated carbocycles. The average Bonchev–Trinajstić information content (AvgIpc) is 3.20. The molecule has 2 aromatic carbocycles. The molecule has 0 radical (unpaired) electrons. The van der Waals surface area contributed by atoms with Crippen LogP contribution in [0.3, 0.4) is 0 Å². The van der Waals surface area contributed by atoms with E-state index in [1.165, 1.54) is 21.3 Å². The summed E-state index contributed by atoms with van der Waals surface area (Å²) >= 11 is 0. The number of aliphatic hydroxyl groups excluding tert-OH is 1. The highest BCUT2D eigenvalue weighted by Crippen LogP contribution is 2.42. The Labute approximate surface area is 193 Å². The normalized spacial score (nSPS) is 18.4. The molecule has 9 heteroatoms. The van der Waals surface area contributed by atoms with Crippen molar-refractivity contribution in [1.82, 2.24) is 0 Å². The van der Waals surface area contributed by atoms with Crippen molar-refractivity contribution in [2.75, 3.05) is 48.9 Å². The van der Waals surface area contributed by atoms with Gasteiger partial charge in [0.05, 0.1) is 47.1 Å². The van der Waals surface area contributed by atoms with Crippen molar-refractivity contribution in [3.63, 3.8) is 0 Å². The number of ether oxygens (including phenoxy) is 7. The van der Waals surface area contributed by atoms with Crippen molar-refractivity contribution in [1.29, 1.82) is 0 Å². The highest BCUT2D eigenvalue weighted by Gasteiger charge is 2.42. The SMILES string of the molecule is COCOc1ccc([C@H](O)[C@H]2C(=O)OC[C@@H]2Cc2cc(OC)c(OC)c(OC)c2)cc1OC. The van der Waals surface area contributed by atoms with Crippen molar-refractivity contribution in [3.8, 4) is 28.7 Å². The molecule has 33 heavy (non-hydrogen) atoms. The number of hydrogen-bond acceptors (Lipinski definition) is 9. The van der Waals surface area contributed by atoms with E-state index in [1.54, 1.807) is 32.4 Å². The van der Waals surface area contributed by atoms with Gasteiger partial charge >= 0.3 is 5.97 Å². The third-order valence-corrected chi connectivity index (χ3v) is 5.64. The van der Waals surface area contributed by atoms with Gasteiger partial charge in [0.25, 0.3) is 0 Å². The summed E-state index contributed by atoms with van der Waals surface area (Å²) in [7, 11) is 7.65. The number of hydrogen-bond donors (Lipinski definition) is 1. The largest absolute Gasteiger partial charge is 0.493 e. The molecule has 0 bridgehead atoms. The molecule has 1 aliphatic heterocycles. The number of methoxy groups -OCH3 is 5. The molecule has 3 rings (SSSR count). The number of benzene rings is 2. The number of esters is 1. The van der Waals surface area contributed by atoms with Crippen LogP contribution in [0.1, 0.15) is 17.2 Å². The first-order valence-corrected chi connectivity index (χ1v) is 10.4. The average molecular weight is 462 g/mol. The minimum atomic E-state index is -1.09. The zero-order valence-corrected chi connectivity index (χ0v) is 19.5. The topological polar surface area (TPSA) is 102 Å². The molecule has 3 atom stereocenters. The highest BCUT2D eigenvalue weighted by molar-refractivity contribution is 5.76. The second-order valence-corrected chi connectivity index (χ2v) is 7.56. The van der Waals surface area contributed by atoms with Crippen LogP contribution in [0.4, 0.5) is 0 Å². The molecular weight excluding hydrogens is 432 g/mol. The molecule has 0 aromatic heterocycles. The van der Waals surface area contributed by atoms with E-state index in [4.69, 9.17) is 33.2 Å². The second-order valence-electron chi connectivity index (χ2n) is 7.56. The van der Waals surface area contributed by atoms with Crippen LogP contribution in [-0.4, -0.2) is 60.0 Å². The van der Waals surface area contributed by atoms with Gasteiger partial charge in [-0.25, -0.2) is 0 Å². The first-order valence-electron chi connectivity index (χ1n) is 10.4. The highest BCUT2D eigenvalue weighted by atomic mass is 16.7. The minimum absolute atomic E-state index is 0.0596. The summed E-state index contributed by atoms with van der Waals surface area (Å²) in [6.45, 7) is 0.257. The summed E-state index contributed by atoms with van der Waals surface area (Å²) in [4.78, 5) is 12.6. The van der Waals surface area contributed by atoms with Crippen molar-refractivity contribution in [3.05, 3.63) is 41.5 Å². The van der Waals surface area contributed by atoms with Crippen LogP contribution in [0.5, 0.6) is 28.7 Å². The molecule has 0 spiro atoms. The van der Waals surface area contributed by atoms with Gasteiger partial charge in [-0.2, -0.15) is 0 Å². The molecule has 9 nitrogen and oxygen atoms in total. The number of carbonyl (C=O) groups excluding carboxylic acids is 1. The van der Waals surface area contributed by atoms with Gasteiger partial charge in [0.15, 0.2) is 29.8 Å². The van der Waals surface area contributed by atoms with Crippen LogP contribution < -0.4 is 23.7 Å². The molecule has 0 unspecified atom stereocenters. The predicted molar refractivity (Wildman–Crippen MR) is 118 cm³/mol. The van der Waals surface area contributed by atoms with Crippen LogP contribution in [0, 0.1) is 11.8 Å². The molecule has 2 aromatic rings. The third kappa shape index (κ3) is 5.26. The van der Waals surface area contributed by atoms with Gasteiger partial charge in [-0.3, -0.25) is 4.79 Å². The van der Waals surface area contributed by atoms with Gasteiger partial charge in [0.2, 0.25) is 5.75 Å². The number of aliphatic hydroxyl groups is 1. The van der Waals surface area contributed by atoms with Gasteiger partial charge < -0.3 is 38.3 Å². The maximum atomic E-state index is 12.6. The summed E-state index contributed by atoms with van der Waals surface area (Å²) in [5.41, 5.74) is 1.39. The Hall–Kier alpha value is -3.17.